The molecule has 0 saturated carbocycles. The number of aryl methyl sites for hydroxylation is 1. The van der Waals surface area contributed by atoms with Gasteiger partial charge in [0.05, 0.1) is 0 Å². The lowest BCUT2D eigenvalue weighted by Crippen LogP contribution is -2.71. The predicted octanol–water partition coefficient (Wildman–Crippen LogP) is 2.41. The summed E-state index contributed by atoms with van der Waals surface area (Å²) in [6.45, 7) is 1.83. The average Bonchev–Trinajstić information content (AvgIpc) is 3.42. The number of rotatable bonds is 10. The number of carboxylic acid groups (broad SMARTS) is 1. The number of β-lactam (4-membered cyclic amide) rings is 1. The second kappa shape index (κ2) is 12.8. The predicted molar refractivity (Wildman–Crippen MR) is 157 cm³/mol. The van der Waals surface area contributed by atoms with Crippen LogP contribution in [0.15, 0.2) is 81.4 Å². The Balaban J connectivity index is 1.32. The Morgan fingerprint density at radius 1 is 1.12 bits per heavy atom. The van der Waals surface area contributed by atoms with Gasteiger partial charge in [-0.05, 0) is 18.1 Å². The molecule has 3 atom stereocenters. The molecule has 0 radical (unpaired) electrons. The van der Waals surface area contributed by atoms with Crippen LogP contribution in [0.25, 0.3) is 0 Å². The van der Waals surface area contributed by atoms with Crippen LogP contribution in [-0.4, -0.2) is 77.7 Å². The summed E-state index contributed by atoms with van der Waals surface area (Å²) in [6, 6.07) is 14.4. The van der Waals surface area contributed by atoms with Crippen LogP contribution in [0.1, 0.15) is 22.2 Å². The highest BCUT2D eigenvalue weighted by Crippen LogP contribution is 2.42. The van der Waals surface area contributed by atoms with Crippen LogP contribution in [0.3, 0.4) is 0 Å². The minimum atomic E-state index is -1.23. The van der Waals surface area contributed by atoms with Crippen LogP contribution in [0, 0.1) is 6.92 Å². The molecule has 4 N–H and O–H groups in total. The van der Waals surface area contributed by atoms with Crippen molar-refractivity contribution < 1.29 is 29.5 Å². The van der Waals surface area contributed by atoms with Gasteiger partial charge >= 0.3 is 5.97 Å². The largest absolute Gasteiger partial charge is 0.477 e. The average molecular weight is 625 g/mol. The lowest BCUT2D eigenvalue weighted by Gasteiger charge is -2.49. The van der Waals surface area contributed by atoms with E-state index in [1.54, 1.807) is 60.7 Å². The number of benzene rings is 2. The van der Waals surface area contributed by atoms with Crippen LogP contribution in [0.2, 0.25) is 0 Å². The van der Waals surface area contributed by atoms with Crippen molar-refractivity contribution in [3.63, 3.8) is 0 Å². The number of carbonyl (C=O) groups excluding carboxylic acids is 3. The molecule has 1 aromatic heterocycles. The zero-order valence-electron chi connectivity index (χ0n) is 22.0. The van der Waals surface area contributed by atoms with E-state index in [1.807, 2.05) is 6.92 Å². The molecule has 12 nitrogen and oxygen atoms in total. The van der Waals surface area contributed by atoms with Gasteiger partial charge in [-0.3, -0.25) is 19.3 Å². The van der Waals surface area contributed by atoms with Gasteiger partial charge in [0.15, 0.2) is 10.1 Å². The maximum atomic E-state index is 13.5. The van der Waals surface area contributed by atoms with Crippen LogP contribution in [-0.2, 0) is 19.2 Å². The highest BCUT2D eigenvalue weighted by molar-refractivity contribution is 8.01. The molecule has 2 aliphatic rings. The molecule has 216 valence electrons. The number of amides is 3. The maximum absolute atomic E-state index is 13.5. The number of nitrogens with zero attached hydrogens (tertiary/aromatic N) is 4. The van der Waals surface area contributed by atoms with Gasteiger partial charge in [-0.1, -0.05) is 88.9 Å². The highest BCUT2D eigenvalue weighted by Gasteiger charge is 2.54. The molecule has 2 aromatic carbocycles. The molecule has 0 aliphatic carbocycles. The van der Waals surface area contributed by atoms with Gasteiger partial charge < -0.3 is 20.9 Å². The Kier molecular flexibility index (Phi) is 8.89. The van der Waals surface area contributed by atoms with Crippen LogP contribution >= 0.6 is 34.9 Å². The van der Waals surface area contributed by atoms with Crippen LogP contribution in [0.5, 0.6) is 0 Å². The Labute approximate surface area is 252 Å². The molecule has 1 saturated heterocycles. The Morgan fingerprint density at radius 3 is 2.43 bits per heavy atom. The molecule has 3 amide bonds. The van der Waals surface area contributed by atoms with Crippen molar-refractivity contribution in [2.24, 2.45) is 5.16 Å². The van der Waals surface area contributed by atoms with E-state index in [-0.39, 0.29) is 11.4 Å². The third-order valence-electron chi connectivity index (χ3n) is 6.46. The topological polar surface area (TPSA) is 174 Å². The number of fused-ring (bicyclic) bond motifs is 1. The van der Waals surface area contributed by atoms with Gasteiger partial charge in [-0.15, -0.1) is 22.0 Å². The summed E-state index contributed by atoms with van der Waals surface area (Å²) in [7, 11) is 0. The summed E-state index contributed by atoms with van der Waals surface area (Å²) in [5.41, 5.74) is 0.971. The summed E-state index contributed by atoms with van der Waals surface area (Å²) in [5.74, 6) is -2.59. The van der Waals surface area contributed by atoms with E-state index in [2.05, 4.69) is 26.0 Å². The first kappa shape index (κ1) is 29.3. The van der Waals surface area contributed by atoms with Crippen molar-refractivity contribution >= 4 is 64.3 Å². The molecule has 2 aliphatic heterocycles. The van der Waals surface area contributed by atoms with Gasteiger partial charge in [-0.25, -0.2) is 4.79 Å². The minimum Gasteiger partial charge on any atom is -0.477 e. The molecular weight excluding hydrogens is 601 g/mol. The zero-order chi connectivity index (χ0) is 29.8. The van der Waals surface area contributed by atoms with Crippen molar-refractivity contribution in [1.82, 2.24) is 25.7 Å². The molecule has 0 bridgehead atoms. The number of oxime groups is 1. The van der Waals surface area contributed by atoms with Crippen molar-refractivity contribution in [3.05, 3.63) is 88.1 Å². The number of hydrogen-bond donors (Lipinski definition) is 4. The zero-order valence-corrected chi connectivity index (χ0v) is 24.4. The maximum Gasteiger partial charge on any atom is 0.352 e. The number of nitrogens with one attached hydrogen (secondary N) is 2. The molecule has 1 unspecified atom stereocenters. The summed E-state index contributed by atoms with van der Waals surface area (Å²) < 4.78 is 0.701. The third kappa shape index (κ3) is 6.03. The van der Waals surface area contributed by atoms with Crippen molar-refractivity contribution in [2.45, 2.75) is 28.7 Å². The van der Waals surface area contributed by atoms with E-state index in [1.165, 1.54) is 39.8 Å². The van der Waals surface area contributed by atoms with Gasteiger partial charge in [0.2, 0.25) is 5.91 Å². The van der Waals surface area contributed by atoms with Crippen molar-refractivity contribution in [2.75, 3.05) is 11.5 Å². The fourth-order valence-corrected chi connectivity index (χ4v) is 7.79. The molecule has 42 heavy (non-hydrogen) atoms. The number of thioether (sulfide) groups is 2. The van der Waals surface area contributed by atoms with Crippen molar-refractivity contribution in [1.29, 1.82) is 0 Å². The molecule has 0 spiro atoms. The Bertz CT molecular complexity index is 1580. The van der Waals surface area contributed by atoms with E-state index in [9.17, 15) is 29.5 Å². The second-order valence-corrected chi connectivity index (χ2v) is 12.7. The van der Waals surface area contributed by atoms with Crippen molar-refractivity contribution in [3.8, 4) is 0 Å². The number of carbonyl (C=O) groups is 4. The van der Waals surface area contributed by atoms with E-state index in [4.69, 9.17) is 0 Å². The third-order valence-corrected chi connectivity index (χ3v) is 9.86. The quantitative estimate of drug-likeness (QED) is 0.0862. The Morgan fingerprint density at radius 2 is 1.81 bits per heavy atom. The second-order valence-electron chi connectivity index (χ2n) is 9.16. The van der Waals surface area contributed by atoms with E-state index >= 15 is 0 Å². The first-order valence-corrected chi connectivity index (χ1v) is 15.4. The number of aliphatic carboxylic acids is 1. The van der Waals surface area contributed by atoms with Gasteiger partial charge in [0.1, 0.15) is 28.2 Å². The van der Waals surface area contributed by atoms with Gasteiger partial charge in [0, 0.05) is 17.1 Å². The standard InChI is InChI=1S/C27H24N6O6S3/c1-14-30-31-27(42-14)41-13-17-12-40-25-20(24(36)33(25)21(17)26(37)38)29-22(34)18(15-8-4-2-5-9-15)28-23(35)19(32-39)16-10-6-3-7-11-16/h2-11,18,20,25,39H,12-13H2,1H3,(H,28,35)(H,29,34)(H,37,38)/t18-,20?,25-/m0/s1. The Hall–Kier alpha value is -4.21. The fourth-order valence-electron chi connectivity index (χ4n) is 4.49. The summed E-state index contributed by atoms with van der Waals surface area (Å²) in [4.78, 5) is 53.3. The fraction of sp³-hybridized carbons (Fsp3) is 0.222. The van der Waals surface area contributed by atoms with Crippen LogP contribution < -0.4 is 10.6 Å². The van der Waals surface area contributed by atoms with E-state index in [0.717, 1.165) is 5.01 Å². The molecule has 3 heterocycles. The minimum absolute atomic E-state index is 0.0949. The van der Waals surface area contributed by atoms with Crippen LogP contribution in [0.4, 0.5) is 0 Å². The molecule has 5 rings (SSSR count). The van der Waals surface area contributed by atoms with E-state index in [0.29, 0.717) is 32.5 Å². The molecule has 15 heteroatoms. The molecule has 1 fully saturated rings. The summed E-state index contributed by atoms with van der Waals surface area (Å²) >= 11 is 4.10. The summed E-state index contributed by atoms with van der Waals surface area (Å²) in [6.07, 6.45) is 0. The van der Waals surface area contributed by atoms with E-state index < -0.39 is 41.1 Å². The summed E-state index contributed by atoms with van der Waals surface area (Å²) in [5, 5.41) is 36.1. The van der Waals surface area contributed by atoms with Gasteiger partial charge in [0.25, 0.3) is 11.8 Å². The number of hydrogen-bond acceptors (Lipinski definition) is 11. The molecule has 3 aromatic rings. The first-order valence-electron chi connectivity index (χ1n) is 12.5. The highest BCUT2D eigenvalue weighted by atomic mass is 32.2. The van der Waals surface area contributed by atoms with Gasteiger partial charge in [-0.2, -0.15) is 0 Å². The first-order chi connectivity index (χ1) is 20.3. The number of aromatic nitrogens is 2. The normalized spacial score (nSPS) is 19.0. The molecular formula is C27H24N6O6S3. The monoisotopic (exact) mass is 624 g/mol. The lowest BCUT2D eigenvalue weighted by molar-refractivity contribution is -0.151. The number of carboxylic acids is 1. The SMILES string of the molecule is Cc1nnc(SCC2=C(C(=O)O)N3C(=O)C(NC(=O)[C@@H](NC(=O)C(=NO)c4ccccc4)c4ccccc4)[C@@H]3SC2)s1. The smallest absolute Gasteiger partial charge is 0.352 e. The lowest BCUT2D eigenvalue weighted by atomic mass is 10.0.